The topological polar surface area (TPSA) is 177 Å². The van der Waals surface area contributed by atoms with Crippen LogP contribution in [0.3, 0.4) is 0 Å². The maximum atomic E-state index is 13.9. The normalized spacial score (nSPS) is 15.6. The first-order valence-electron chi connectivity index (χ1n) is 18.1. The molecule has 52 heavy (non-hydrogen) atoms. The van der Waals surface area contributed by atoms with Crippen molar-refractivity contribution in [3.8, 4) is 0 Å². The molecule has 1 aromatic heterocycles. The van der Waals surface area contributed by atoms with Gasteiger partial charge in [-0.1, -0.05) is 83.4 Å². The maximum absolute atomic E-state index is 13.9. The molecule has 1 aromatic carbocycles. The second kappa shape index (κ2) is 21.6. The number of rotatable bonds is 18. The Balaban J connectivity index is 2.04. The number of esters is 1. The van der Waals surface area contributed by atoms with Gasteiger partial charge < -0.3 is 30.2 Å². The smallest absolute Gasteiger partial charge is 0.407 e. The third kappa shape index (κ3) is 14.1. The van der Waals surface area contributed by atoms with E-state index in [1.54, 1.807) is 43.3 Å². The molecule has 1 heterocycles. The van der Waals surface area contributed by atoms with Crippen molar-refractivity contribution in [1.82, 2.24) is 31.4 Å². The zero-order valence-electron chi connectivity index (χ0n) is 31.3. The van der Waals surface area contributed by atoms with Crippen molar-refractivity contribution in [3.05, 3.63) is 66.0 Å². The Hall–Kier alpha value is -4.72. The van der Waals surface area contributed by atoms with E-state index < -0.39 is 54.2 Å². The number of methoxy groups -OCH3 is 2. The zero-order chi connectivity index (χ0) is 38.0. The summed E-state index contributed by atoms with van der Waals surface area (Å²) in [5, 5.41) is 10.0. The minimum absolute atomic E-state index is 0.00773. The molecular formula is C38H56N6O8. The van der Waals surface area contributed by atoms with Gasteiger partial charge in [0, 0.05) is 12.7 Å². The van der Waals surface area contributed by atoms with Crippen LogP contribution in [-0.4, -0.2) is 91.5 Å². The summed E-state index contributed by atoms with van der Waals surface area (Å²) < 4.78 is 15.8. The van der Waals surface area contributed by atoms with Gasteiger partial charge in [-0.15, -0.1) is 0 Å². The van der Waals surface area contributed by atoms with Crippen molar-refractivity contribution in [3.63, 3.8) is 0 Å². The number of nitrogens with one attached hydrogen (secondary N) is 4. The van der Waals surface area contributed by atoms with Crippen molar-refractivity contribution in [2.24, 2.45) is 17.8 Å². The van der Waals surface area contributed by atoms with Gasteiger partial charge in [0.25, 0.3) is 5.91 Å². The molecule has 0 radical (unpaired) electrons. The third-order valence-electron chi connectivity index (χ3n) is 9.10. The summed E-state index contributed by atoms with van der Waals surface area (Å²) >= 11 is 0. The van der Waals surface area contributed by atoms with E-state index in [-0.39, 0.29) is 37.1 Å². The van der Waals surface area contributed by atoms with Gasteiger partial charge in [0.1, 0.15) is 18.2 Å². The second-order valence-corrected chi connectivity index (χ2v) is 13.9. The van der Waals surface area contributed by atoms with Gasteiger partial charge in [0.2, 0.25) is 5.91 Å². The van der Waals surface area contributed by atoms with Crippen LogP contribution in [-0.2, 0) is 41.4 Å². The lowest BCUT2D eigenvalue weighted by Gasteiger charge is -2.36. The molecule has 1 aliphatic carbocycles. The van der Waals surface area contributed by atoms with Crippen molar-refractivity contribution < 1.29 is 38.2 Å². The fraction of sp³-hybridized carbons (Fsp3) is 0.579. The number of carbonyl (C=O) groups excluding carboxylic acids is 5. The first-order chi connectivity index (χ1) is 24.9. The molecule has 3 rings (SSSR count). The van der Waals surface area contributed by atoms with Crippen LogP contribution in [0.4, 0.5) is 9.59 Å². The van der Waals surface area contributed by atoms with E-state index in [0.29, 0.717) is 12.2 Å². The number of hydrogen-bond donors (Lipinski definition) is 4. The van der Waals surface area contributed by atoms with Crippen molar-refractivity contribution in [2.75, 3.05) is 27.3 Å². The summed E-state index contributed by atoms with van der Waals surface area (Å²) in [6.45, 7) is 7.68. The highest BCUT2D eigenvalue weighted by Gasteiger charge is 2.35. The quantitative estimate of drug-likeness (QED) is 0.100. The number of hydrazine groups is 1. The Morgan fingerprint density at radius 2 is 1.38 bits per heavy atom. The van der Waals surface area contributed by atoms with Crippen LogP contribution in [0.2, 0.25) is 0 Å². The summed E-state index contributed by atoms with van der Waals surface area (Å²) in [6.07, 6.45) is 4.44. The van der Waals surface area contributed by atoms with E-state index in [0.717, 1.165) is 37.7 Å². The molecule has 286 valence electrons. The third-order valence-corrected chi connectivity index (χ3v) is 9.10. The molecule has 0 spiro atoms. The van der Waals surface area contributed by atoms with Crippen molar-refractivity contribution in [1.29, 1.82) is 0 Å². The molecule has 4 atom stereocenters. The number of amides is 4. The number of alkyl carbamates (subject to hydrolysis) is 2. The van der Waals surface area contributed by atoms with Gasteiger partial charge in [-0.2, -0.15) is 0 Å². The second-order valence-electron chi connectivity index (χ2n) is 13.9. The molecule has 0 saturated heterocycles. The van der Waals surface area contributed by atoms with Gasteiger partial charge in [-0.3, -0.25) is 24.8 Å². The number of benzene rings is 1. The highest BCUT2D eigenvalue weighted by atomic mass is 16.5. The highest BCUT2D eigenvalue weighted by molar-refractivity contribution is 5.86. The SMILES string of the molecule is COC(=O)N[C@H](C(=O)NC(Cc1ccccc1)C(CN(CC1CCCCC1)NC(=O)[C@@H](NC(=O)OC)C(C)C)OC(=O)Cc1ccccn1)C(C)C. The predicted octanol–water partition coefficient (Wildman–Crippen LogP) is 3.94. The van der Waals surface area contributed by atoms with Gasteiger partial charge >= 0.3 is 18.2 Å². The van der Waals surface area contributed by atoms with Crippen LogP contribution >= 0.6 is 0 Å². The molecule has 14 nitrogen and oxygen atoms in total. The minimum Gasteiger partial charge on any atom is -0.458 e. The Labute approximate surface area is 307 Å². The number of pyridine rings is 1. The van der Waals surface area contributed by atoms with Crippen LogP contribution in [0.15, 0.2) is 54.7 Å². The summed E-state index contributed by atoms with van der Waals surface area (Å²) in [5.74, 6) is -1.85. The van der Waals surface area contributed by atoms with E-state index in [1.165, 1.54) is 14.2 Å². The first kappa shape index (κ1) is 41.7. The standard InChI is InChI=1S/C38H56N6O8/c1-25(2)33(41-37(48)50-5)35(46)40-30(21-27-15-9-7-10-16-27)31(52-32(45)22-29-19-13-14-20-39-29)24-44(23-28-17-11-8-12-18-28)43-36(47)34(26(3)4)42-38(49)51-6/h7,9-10,13-16,19-20,25-26,28,30-31,33-34H,8,11-12,17-18,21-24H2,1-6H3,(H,40,46)(H,41,48)(H,42,49)(H,43,47)/t30?,31?,33-,34-/m0/s1. The lowest BCUT2D eigenvalue weighted by Crippen LogP contribution is -2.60. The van der Waals surface area contributed by atoms with E-state index in [1.807, 2.05) is 44.2 Å². The largest absolute Gasteiger partial charge is 0.458 e. The molecule has 14 heteroatoms. The van der Waals surface area contributed by atoms with E-state index in [9.17, 15) is 24.0 Å². The molecule has 0 aliphatic heterocycles. The van der Waals surface area contributed by atoms with Crippen LogP contribution in [0, 0.1) is 17.8 Å². The van der Waals surface area contributed by atoms with Crippen LogP contribution in [0.5, 0.6) is 0 Å². The Bertz CT molecular complexity index is 1420. The monoisotopic (exact) mass is 724 g/mol. The first-order valence-corrected chi connectivity index (χ1v) is 18.1. The van der Waals surface area contributed by atoms with Gasteiger partial charge in [0.15, 0.2) is 0 Å². The average Bonchev–Trinajstić information content (AvgIpc) is 3.12. The number of ether oxygens (including phenoxy) is 3. The Morgan fingerprint density at radius 1 is 0.788 bits per heavy atom. The molecule has 1 saturated carbocycles. The maximum Gasteiger partial charge on any atom is 0.407 e. The lowest BCUT2D eigenvalue weighted by molar-refractivity contribution is -0.153. The molecule has 4 amide bonds. The molecule has 1 aliphatic rings. The Kier molecular flexibility index (Phi) is 17.3. The highest BCUT2D eigenvalue weighted by Crippen LogP contribution is 2.25. The van der Waals surface area contributed by atoms with E-state index in [2.05, 4.69) is 26.4 Å². The molecule has 2 unspecified atom stereocenters. The van der Waals surface area contributed by atoms with Gasteiger partial charge in [-0.05, 0) is 54.7 Å². The minimum atomic E-state index is -0.985. The van der Waals surface area contributed by atoms with Gasteiger partial charge in [0.05, 0.1) is 38.9 Å². The number of nitrogens with zero attached hydrogens (tertiary/aromatic N) is 2. The van der Waals surface area contributed by atoms with Crippen LogP contribution in [0.25, 0.3) is 0 Å². The molecule has 4 N–H and O–H groups in total. The van der Waals surface area contributed by atoms with Crippen molar-refractivity contribution in [2.45, 2.75) is 96.9 Å². The number of aromatic nitrogens is 1. The molecule has 2 aromatic rings. The van der Waals surface area contributed by atoms with Crippen molar-refractivity contribution >= 4 is 30.0 Å². The van der Waals surface area contributed by atoms with E-state index in [4.69, 9.17) is 14.2 Å². The average molecular weight is 725 g/mol. The number of hydrogen-bond acceptors (Lipinski definition) is 10. The summed E-state index contributed by atoms with van der Waals surface area (Å²) in [5.41, 5.74) is 4.39. The lowest BCUT2D eigenvalue weighted by atomic mass is 9.89. The molecule has 0 bridgehead atoms. The zero-order valence-corrected chi connectivity index (χ0v) is 31.3. The molecular weight excluding hydrogens is 668 g/mol. The summed E-state index contributed by atoms with van der Waals surface area (Å²) in [6, 6.07) is 12.0. The summed E-state index contributed by atoms with van der Waals surface area (Å²) in [4.78, 5) is 70.0. The fourth-order valence-electron chi connectivity index (χ4n) is 6.26. The number of carbonyl (C=O) groups is 5. The van der Waals surface area contributed by atoms with Gasteiger partial charge in [-0.25, -0.2) is 14.6 Å². The van der Waals surface area contributed by atoms with Crippen LogP contribution in [0.1, 0.15) is 71.1 Å². The Morgan fingerprint density at radius 3 is 1.94 bits per heavy atom. The van der Waals surface area contributed by atoms with Crippen LogP contribution < -0.4 is 21.4 Å². The molecule has 1 fully saturated rings. The summed E-state index contributed by atoms with van der Waals surface area (Å²) in [7, 11) is 2.45. The fourth-order valence-corrected chi connectivity index (χ4v) is 6.26. The van der Waals surface area contributed by atoms with E-state index >= 15 is 0 Å². The predicted molar refractivity (Wildman–Crippen MR) is 195 cm³/mol.